The molecule has 2 rings (SSSR count). The molecule has 0 aliphatic carbocycles. The van der Waals surface area contributed by atoms with Crippen molar-refractivity contribution >= 4 is 21.7 Å². The standard InChI is InChI=1S/C10H12BrN3O/c1-7(5-8-3-2-4-15-8)14-10(12)9(11)6-13-14/h2-4,6-7H,5,12H2,1H3. The molecule has 15 heavy (non-hydrogen) atoms. The van der Waals surface area contributed by atoms with Gasteiger partial charge in [0.15, 0.2) is 0 Å². The highest BCUT2D eigenvalue weighted by Crippen LogP contribution is 2.23. The van der Waals surface area contributed by atoms with Gasteiger partial charge in [-0.2, -0.15) is 5.10 Å². The summed E-state index contributed by atoms with van der Waals surface area (Å²) in [5.74, 6) is 1.59. The SMILES string of the molecule is CC(Cc1ccco1)n1ncc(Br)c1N. The van der Waals surface area contributed by atoms with Gasteiger partial charge in [-0.1, -0.05) is 0 Å². The van der Waals surface area contributed by atoms with Crippen LogP contribution >= 0.6 is 15.9 Å². The summed E-state index contributed by atoms with van der Waals surface area (Å²) < 4.78 is 7.89. The van der Waals surface area contributed by atoms with Crippen molar-refractivity contribution in [2.75, 3.05) is 5.73 Å². The fourth-order valence-corrected chi connectivity index (χ4v) is 1.78. The summed E-state index contributed by atoms with van der Waals surface area (Å²) in [4.78, 5) is 0. The van der Waals surface area contributed by atoms with Crippen LogP contribution in [0.5, 0.6) is 0 Å². The molecule has 2 heterocycles. The zero-order valence-corrected chi connectivity index (χ0v) is 9.94. The highest BCUT2D eigenvalue weighted by atomic mass is 79.9. The highest BCUT2D eigenvalue weighted by molar-refractivity contribution is 9.10. The van der Waals surface area contributed by atoms with Gasteiger partial charge in [-0.3, -0.25) is 0 Å². The number of hydrogen-bond donors (Lipinski definition) is 1. The van der Waals surface area contributed by atoms with Gasteiger partial charge in [-0.15, -0.1) is 0 Å². The fraction of sp³-hybridized carbons (Fsp3) is 0.300. The van der Waals surface area contributed by atoms with Gasteiger partial charge in [-0.25, -0.2) is 4.68 Å². The van der Waals surface area contributed by atoms with Crippen molar-refractivity contribution in [1.82, 2.24) is 9.78 Å². The van der Waals surface area contributed by atoms with Crippen LogP contribution < -0.4 is 5.73 Å². The molecule has 0 amide bonds. The van der Waals surface area contributed by atoms with Crippen molar-refractivity contribution in [3.63, 3.8) is 0 Å². The van der Waals surface area contributed by atoms with Crippen LogP contribution in [0.3, 0.4) is 0 Å². The molecule has 0 aliphatic rings. The van der Waals surface area contributed by atoms with Crippen LogP contribution in [0, 0.1) is 0 Å². The Kier molecular flexibility index (Phi) is 2.81. The maximum atomic E-state index is 5.86. The third-order valence-electron chi connectivity index (χ3n) is 2.28. The molecule has 0 aromatic carbocycles. The van der Waals surface area contributed by atoms with E-state index in [1.165, 1.54) is 0 Å². The van der Waals surface area contributed by atoms with Crippen LogP contribution in [0.4, 0.5) is 5.82 Å². The topological polar surface area (TPSA) is 57.0 Å². The third kappa shape index (κ3) is 2.07. The molecule has 0 saturated heterocycles. The Morgan fingerprint density at radius 1 is 1.67 bits per heavy atom. The molecule has 1 unspecified atom stereocenters. The van der Waals surface area contributed by atoms with Gasteiger partial charge in [0.2, 0.25) is 0 Å². The first-order valence-electron chi connectivity index (χ1n) is 4.69. The van der Waals surface area contributed by atoms with E-state index in [-0.39, 0.29) is 6.04 Å². The Morgan fingerprint density at radius 2 is 2.47 bits per heavy atom. The number of anilines is 1. The minimum Gasteiger partial charge on any atom is -0.469 e. The van der Waals surface area contributed by atoms with Gasteiger partial charge >= 0.3 is 0 Å². The molecule has 2 N–H and O–H groups in total. The number of nitrogens with two attached hydrogens (primary N) is 1. The van der Waals surface area contributed by atoms with E-state index >= 15 is 0 Å². The molecule has 0 fully saturated rings. The second kappa shape index (κ2) is 4.10. The summed E-state index contributed by atoms with van der Waals surface area (Å²) in [6.45, 7) is 2.05. The average Bonchev–Trinajstić information content (AvgIpc) is 2.79. The van der Waals surface area contributed by atoms with Crippen molar-refractivity contribution in [3.8, 4) is 0 Å². The number of furan rings is 1. The number of aromatic nitrogens is 2. The molecule has 2 aromatic heterocycles. The van der Waals surface area contributed by atoms with E-state index in [2.05, 4.69) is 28.0 Å². The molecule has 0 saturated carbocycles. The molecule has 0 bridgehead atoms. The third-order valence-corrected chi connectivity index (χ3v) is 2.89. The Hall–Kier alpha value is -1.23. The molecule has 0 spiro atoms. The van der Waals surface area contributed by atoms with Crippen molar-refractivity contribution in [3.05, 3.63) is 34.8 Å². The monoisotopic (exact) mass is 269 g/mol. The minimum absolute atomic E-state index is 0.183. The van der Waals surface area contributed by atoms with Crippen LogP contribution in [0.25, 0.3) is 0 Å². The lowest BCUT2D eigenvalue weighted by Crippen LogP contribution is -2.12. The Bertz CT molecular complexity index is 435. The quantitative estimate of drug-likeness (QED) is 0.932. The van der Waals surface area contributed by atoms with Gasteiger partial charge in [0.1, 0.15) is 11.6 Å². The first-order chi connectivity index (χ1) is 7.18. The van der Waals surface area contributed by atoms with Crippen LogP contribution in [-0.2, 0) is 6.42 Å². The van der Waals surface area contributed by atoms with Crippen molar-refractivity contribution in [1.29, 1.82) is 0 Å². The number of hydrogen-bond acceptors (Lipinski definition) is 3. The Labute approximate surface area is 96.2 Å². The normalized spacial score (nSPS) is 12.9. The van der Waals surface area contributed by atoms with Crippen LogP contribution in [0.15, 0.2) is 33.5 Å². The van der Waals surface area contributed by atoms with Crippen LogP contribution in [-0.4, -0.2) is 9.78 Å². The molecule has 2 aromatic rings. The molecule has 5 heteroatoms. The predicted molar refractivity (Wildman–Crippen MR) is 61.5 cm³/mol. The van der Waals surface area contributed by atoms with Crippen LogP contribution in [0.1, 0.15) is 18.7 Å². The molecule has 0 aliphatic heterocycles. The van der Waals surface area contributed by atoms with Gasteiger partial charge < -0.3 is 10.2 Å². The number of nitrogens with zero attached hydrogens (tertiary/aromatic N) is 2. The average molecular weight is 270 g/mol. The zero-order chi connectivity index (χ0) is 10.8. The van der Waals surface area contributed by atoms with Crippen LogP contribution in [0.2, 0.25) is 0 Å². The van der Waals surface area contributed by atoms with E-state index in [0.717, 1.165) is 16.7 Å². The number of nitrogen functional groups attached to an aromatic ring is 1. The van der Waals surface area contributed by atoms with E-state index < -0.39 is 0 Å². The summed E-state index contributed by atoms with van der Waals surface area (Å²) in [7, 11) is 0. The first-order valence-corrected chi connectivity index (χ1v) is 5.48. The molecule has 4 nitrogen and oxygen atoms in total. The zero-order valence-electron chi connectivity index (χ0n) is 8.35. The van der Waals surface area contributed by atoms with E-state index in [4.69, 9.17) is 10.2 Å². The predicted octanol–water partition coefficient (Wildman–Crippen LogP) is 2.62. The smallest absolute Gasteiger partial charge is 0.136 e. The summed E-state index contributed by atoms with van der Waals surface area (Å²) >= 11 is 3.33. The summed E-state index contributed by atoms with van der Waals surface area (Å²) in [6.07, 6.45) is 4.16. The largest absolute Gasteiger partial charge is 0.469 e. The fourth-order valence-electron chi connectivity index (χ4n) is 1.51. The summed E-state index contributed by atoms with van der Waals surface area (Å²) in [5.41, 5.74) is 5.86. The molecule has 0 radical (unpaired) electrons. The molecular weight excluding hydrogens is 258 g/mol. The second-order valence-electron chi connectivity index (χ2n) is 3.45. The Morgan fingerprint density at radius 3 is 3.00 bits per heavy atom. The Balaban J connectivity index is 2.14. The van der Waals surface area contributed by atoms with Gasteiger partial charge in [0.25, 0.3) is 0 Å². The summed E-state index contributed by atoms with van der Waals surface area (Å²) in [5, 5.41) is 4.20. The van der Waals surface area contributed by atoms with Crippen molar-refractivity contribution in [2.24, 2.45) is 0 Å². The first kappa shape index (κ1) is 10.3. The highest BCUT2D eigenvalue weighted by Gasteiger charge is 2.13. The molecular formula is C10H12BrN3O. The lowest BCUT2D eigenvalue weighted by molar-refractivity contribution is 0.429. The van der Waals surface area contributed by atoms with E-state index in [1.54, 1.807) is 17.1 Å². The molecule has 1 atom stereocenters. The lowest BCUT2D eigenvalue weighted by Gasteiger charge is -2.12. The van der Waals surface area contributed by atoms with Crippen molar-refractivity contribution in [2.45, 2.75) is 19.4 Å². The number of halogens is 1. The summed E-state index contributed by atoms with van der Waals surface area (Å²) in [6, 6.07) is 4.01. The van der Waals surface area contributed by atoms with Gasteiger partial charge in [0.05, 0.1) is 23.0 Å². The van der Waals surface area contributed by atoms with Gasteiger partial charge in [-0.05, 0) is 35.0 Å². The number of rotatable bonds is 3. The minimum atomic E-state index is 0.183. The maximum Gasteiger partial charge on any atom is 0.136 e. The van der Waals surface area contributed by atoms with Gasteiger partial charge in [0, 0.05) is 6.42 Å². The second-order valence-corrected chi connectivity index (χ2v) is 4.31. The van der Waals surface area contributed by atoms with E-state index in [9.17, 15) is 0 Å². The molecule has 80 valence electrons. The van der Waals surface area contributed by atoms with Crippen molar-refractivity contribution < 1.29 is 4.42 Å². The lowest BCUT2D eigenvalue weighted by atomic mass is 10.2. The van der Waals surface area contributed by atoms with E-state index in [0.29, 0.717) is 5.82 Å². The van der Waals surface area contributed by atoms with E-state index in [1.807, 2.05) is 12.1 Å². The maximum absolute atomic E-state index is 5.86.